The molecule has 0 bridgehead atoms. The van der Waals surface area contributed by atoms with Gasteiger partial charge in [0.15, 0.2) is 0 Å². The normalized spacial score (nSPS) is 27.5. The Balaban J connectivity index is 1.35. The topological polar surface area (TPSA) is 66.9 Å². The smallest absolute Gasteiger partial charge is 0.326 e. The molecule has 186 valence electrons. The lowest BCUT2D eigenvalue weighted by Crippen LogP contribution is -2.36. The van der Waals surface area contributed by atoms with Gasteiger partial charge in [-0.3, -0.25) is 19.3 Å². The minimum atomic E-state index is -0.422. The SMILES string of the molecule is Cc1ccc(CN2C(=O)/C(=C3\SC(=S)N(CC(=O)OC4CCCCC4)C3=O)[C@@H]3CCCC[C@@H]32)cc1. The molecule has 6 nitrogen and oxygen atoms in total. The van der Waals surface area contributed by atoms with Gasteiger partial charge >= 0.3 is 5.97 Å². The first-order valence-electron chi connectivity index (χ1n) is 12.8. The molecule has 2 saturated heterocycles. The Morgan fingerprint density at radius 1 is 1.00 bits per heavy atom. The number of hydrogen-bond acceptors (Lipinski definition) is 6. The van der Waals surface area contributed by atoms with E-state index < -0.39 is 5.97 Å². The van der Waals surface area contributed by atoms with Gasteiger partial charge in [-0.05, 0) is 51.0 Å². The summed E-state index contributed by atoms with van der Waals surface area (Å²) in [5.41, 5.74) is 2.87. The van der Waals surface area contributed by atoms with E-state index >= 15 is 0 Å². The number of amides is 2. The van der Waals surface area contributed by atoms with Crippen LogP contribution in [0.2, 0.25) is 0 Å². The summed E-state index contributed by atoms with van der Waals surface area (Å²) in [4.78, 5) is 43.4. The molecule has 2 aliphatic heterocycles. The van der Waals surface area contributed by atoms with Crippen molar-refractivity contribution in [3.63, 3.8) is 0 Å². The number of nitrogens with zero attached hydrogens (tertiary/aromatic N) is 2. The highest BCUT2D eigenvalue weighted by Crippen LogP contribution is 2.46. The molecule has 2 aliphatic carbocycles. The van der Waals surface area contributed by atoms with E-state index in [0.29, 0.717) is 21.3 Å². The van der Waals surface area contributed by atoms with E-state index in [1.54, 1.807) is 0 Å². The number of thiocarbonyl (C=S) groups is 1. The van der Waals surface area contributed by atoms with Gasteiger partial charge in [0.25, 0.3) is 11.8 Å². The van der Waals surface area contributed by atoms with Crippen molar-refractivity contribution >= 4 is 46.1 Å². The Kier molecular flexibility index (Phi) is 7.30. The lowest BCUT2D eigenvalue weighted by molar-refractivity contribution is -0.152. The van der Waals surface area contributed by atoms with Crippen molar-refractivity contribution < 1.29 is 19.1 Å². The first kappa shape index (κ1) is 24.5. The number of ether oxygens (including phenoxy) is 1. The largest absolute Gasteiger partial charge is 0.461 e. The maximum Gasteiger partial charge on any atom is 0.326 e. The summed E-state index contributed by atoms with van der Waals surface area (Å²) in [6.45, 7) is 2.40. The van der Waals surface area contributed by atoms with Gasteiger partial charge in [0.1, 0.15) is 17.0 Å². The van der Waals surface area contributed by atoms with E-state index in [9.17, 15) is 14.4 Å². The quantitative estimate of drug-likeness (QED) is 0.318. The molecule has 2 atom stereocenters. The number of thioether (sulfide) groups is 1. The molecule has 5 rings (SSSR count). The van der Waals surface area contributed by atoms with Crippen LogP contribution in [0.4, 0.5) is 0 Å². The van der Waals surface area contributed by atoms with Crippen LogP contribution in [0.15, 0.2) is 34.7 Å². The molecule has 0 aromatic heterocycles. The van der Waals surface area contributed by atoms with Crippen molar-refractivity contribution in [3.05, 3.63) is 45.9 Å². The van der Waals surface area contributed by atoms with Crippen molar-refractivity contribution in [2.75, 3.05) is 6.54 Å². The van der Waals surface area contributed by atoms with Gasteiger partial charge in [-0.15, -0.1) is 0 Å². The monoisotopic (exact) mass is 512 g/mol. The van der Waals surface area contributed by atoms with E-state index in [-0.39, 0.29) is 36.4 Å². The molecule has 35 heavy (non-hydrogen) atoms. The van der Waals surface area contributed by atoms with Crippen LogP contribution in [0.1, 0.15) is 68.9 Å². The third-order valence-electron chi connectivity index (χ3n) is 7.70. The minimum absolute atomic E-state index is 0.0325. The number of likely N-dealkylation sites (tertiary alicyclic amines) is 1. The number of carbonyl (C=O) groups excluding carboxylic acids is 3. The zero-order valence-corrected chi connectivity index (χ0v) is 21.8. The summed E-state index contributed by atoms with van der Waals surface area (Å²) in [7, 11) is 0. The molecule has 0 spiro atoms. The molecule has 2 saturated carbocycles. The van der Waals surface area contributed by atoms with Crippen molar-refractivity contribution in [2.45, 2.75) is 83.4 Å². The van der Waals surface area contributed by atoms with Gasteiger partial charge in [-0.1, -0.05) is 73.1 Å². The molecule has 0 radical (unpaired) electrons. The molecular formula is C27H32N2O4S2. The zero-order valence-electron chi connectivity index (χ0n) is 20.2. The summed E-state index contributed by atoms with van der Waals surface area (Å²) in [6.07, 6.45) is 8.96. The number of rotatable bonds is 5. The van der Waals surface area contributed by atoms with Crippen molar-refractivity contribution in [1.82, 2.24) is 9.80 Å². The summed E-state index contributed by atoms with van der Waals surface area (Å²) in [5, 5.41) is 0. The van der Waals surface area contributed by atoms with Gasteiger partial charge in [0.05, 0.1) is 4.91 Å². The van der Waals surface area contributed by atoms with E-state index in [2.05, 4.69) is 24.3 Å². The summed E-state index contributed by atoms with van der Waals surface area (Å²) in [6, 6.07) is 8.36. The second-order valence-corrected chi connectivity index (χ2v) is 11.8. The number of benzene rings is 1. The number of esters is 1. The van der Waals surface area contributed by atoms with Gasteiger partial charge in [0.2, 0.25) is 0 Å². The molecule has 2 amide bonds. The second-order valence-electron chi connectivity index (χ2n) is 10.1. The van der Waals surface area contributed by atoms with Crippen LogP contribution in [0.5, 0.6) is 0 Å². The molecular weight excluding hydrogens is 480 g/mol. The second kappa shape index (κ2) is 10.4. The molecule has 0 unspecified atom stereocenters. The Morgan fingerprint density at radius 3 is 2.43 bits per heavy atom. The lowest BCUT2D eigenvalue weighted by atomic mass is 9.82. The van der Waals surface area contributed by atoms with Gasteiger partial charge in [0, 0.05) is 24.1 Å². The fourth-order valence-corrected chi connectivity index (χ4v) is 7.24. The van der Waals surface area contributed by atoms with E-state index in [0.717, 1.165) is 56.9 Å². The molecule has 1 aromatic carbocycles. The number of carbonyl (C=O) groups is 3. The van der Waals surface area contributed by atoms with Crippen LogP contribution in [0, 0.1) is 12.8 Å². The first-order chi connectivity index (χ1) is 16.9. The average Bonchev–Trinajstić information content (AvgIpc) is 3.28. The minimum Gasteiger partial charge on any atom is -0.461 e. The van der Waals surface area contributed by atoms with Gasteiger partial charge in [-0.2, -0.15) is 0 Å². The fraction of sp³-hybridized carbons (Fsp3) is 0.556. The average molecular weight is 513 g/mol. The third kappa shape index (κ3) is 5.05. The maximum atomic E-state index is 13.7. The first-order valence-corrected chi connectivity index (χ1v) is 14.0. The van der Waals surface area contributed by atoms with Crippen molar-refractivity contribution in [2.24, 2.45) is 5.92 Å². The van der Waals surface area contributed by atoms with Gasteiger partial charge in [-0.25, -0.2) is 0 Å². The van der Waals surface area contributed by atoms with Crippen LogP contribution in [-0.4, -0.2) is 50.6 Å². The molecule has 0 N–H and O–H groups in total. The summed E-state index contributed by atoms with van der Waals surface area (Å²) < 4.78 is 5.95. The zero-order chi connectivity index (χ0) is 24.5. The maximum absolute atomic E-state index is 13.7. The van der Waals surface area contributed by atoms with Crippen molar-refractivity contribution in [1.29, 1.82) is 0 Å². The predicted octanol–water partition coefficient (Wildman–Crippen LogP) is 4.89. The third-order valence-corrected chi connectivity index (χ3v) is 9.16. The van der Waals surface area contributed by atoms with Crippen molar-refractivity contribution in [3.8, 4) is 0 Å². The van der Waals surface area contributed by atoms with E-state index in [1.807, 2.05) is 11.8 Å². The molecule has 1 aromatic rings. The molecule has 8 heteroatoms. The van der Waals surface area contributed by atoms with Crippen LogP contribution in [0.25, 0.3) is 0 Å². The van der Waals surface area contributed by atoms with Crippen LogP contribution >= 0.6 is 24.0 Å². The standard InChI is InChI=1S/C27H32N2O4S2/c1-17-11-13-18(14-12-17)15-28-21-10-6-5-9-20(21)23(25(28)31)24-26(32)29(27(34)35-24)16-22(30)33-19-7-3-2-4-8-19/h11-14,19-21H,2-10,15-16H2,1H3/b24-23-/t20-,21+/m1/s1. The summed E-state index contributed by atoms with van der Waals surface area (Å²) in [5.74, 6) is -0.781. The fourth-order valence-electron chi connectivity index (χ4n) is 5.86. The Hall–Kier alpha value is -2.19. The van der Waals surface area contributed by atoms with Gasteiger partial charge < -0.3 is 9.64 Å². The highest BCUT2D eigenvalue weighted by atomic mass is 32.2. The van der Waals surface area contributed by atoms with E-state index in [1.165, 1.54) is 28.6 Å². The van der Waals surface area contributed by atoms with E-state index in [4.69, 9.17) is 17.0 Å². The van der Waals surface area contributed by atoms with Crippen LogP contribution in [0.3, 0.4) is 0 Å². The lowest BCUT2D eigenvalue weighted by Gasteiger charge is -2.31. The number of fused-ring (bicyclic) bond motifs is 1. The predicted molar refractivity (Wildman–Crippen MR) is 139 cm³/mol. The van der Waals surface area contributed by atoms with Crippen LogP contribution < -0.4 is 0 Å². The number of hydrogen-bond donors (Lipinski definition) is 0. The highest BCUT2D eigenvalue weighted by Gasteiger charge is 2.49. The Morgan fingerprint density at radius 2 is 1.69 bits per heavy atom. The molecule has 4 fully saturated rings. The molecule has 2 heterocycles. The summed E-state index contributed by atoms with van der Waals surface area (Å²) >= 11 is 6.66. The number of aryl methyl sites for hydroxylation is 1. The molecule has 4 aliphatic rings. The highest BCUT2D eigenvalue weighted by molar-refractivity contribution is 8.26. The Bertz CT molecular complexity index is 1060. The van der Waals surface area contributed by atoms with Crippen LogP contribution in [-0.2, 0) is 25.7 Å². The Labute approximate surface area is 216 Å².